The van der Waals surface area contributed by atoms with Crippen LogP contribution in [0.25, 0.3) is 0 Å². The van der Waals surface area contributed by atoms with E-state index in [0.717, 1.165) is 18.0 Å². The molecule has 0 saturated heterocycles. The smallest absolute Gasteiger partial charge is 0.0579 e. The lowest BCUT2D eigenvalue weighted by Gasteiger charge is -2.22. The predicted octanol–water partition coefficient (Wildman–Crippen LogP) is 5.05. The number of nitrogens with one attached hydrogen (secondary N) is 1. The van der Waals surface area contributed by atoms with Gasteiger partial charge in [0.25, 0.3) is 0 Å². The van der Waals surface area contributed by atoms with Crippen molar-refractivity contribution in [1.82, 2.24) is 5.32 Å². The molecule has 0 spiro atoms. The molecule has 1 nitrogen and oxygen atoms in total. The molecule has 0 aliphatic heterocycles. The summed E-state index contributed by atoms with van der Waals surface area (Å²) in [6.45, 7) is 7.55. The van der Waals surface area contributed by atoms with E-state index >= 15 is 0 Å². The highest BCUT2D eigenvalue weighted by atomic mass is 35.5. The quantitative estimate of drug-likeness (QED) is 0.812. The highest BCUT2D eigenvalue weighted by Crippen LogP contribution is 2.27. The Hall–Kier alpha value is -1.31. The second kappa shape index (κ2) is 6.92. The molecule has 0 heterocycles. The molecule has 0 saturated carbocycles. The lowest BCUT2D eigenvalue weighted by Crippen LogP contribution is -2.24. The number of benzene rings is 2. The van der Waals surface area contributed by atoms with Crippen LogP contribution < -0.4 is 5.32 Å². The molecule has 0 amide bonds. The molecule has 1 N–H and O–H groups in total. The minimum atomic E-state index is 0.229. The van der Waals surface area contributed by atoms with E-state index in [1.807, 2.05) is 12.1 Å². The lowest BCUT2D eigenvalue weighted by molar-refractivity contribution is 0.596. The number of rotatable bonds is 5. The van der Waals surface area contributed by atoms with Crippen molar-refractivity contribution < 1.29 is 0 Å². The van der Waals surface area contributed by atoms with Gasteiger partial charge in [-0.15, -0.1) is 0 Å². The summed E-state index contributed by atoms with van der Waals surface area (Å²) >= 11 is 6.00. The Balaban J connectivity index is 2.41. The summed E-state index contributed by atoms with van der Waals surface area (Å²) in [5, 5.41) is 4.43. The van der Waals surface area contributed by atoms with Crippen molar-refractivity contribution in [2.75, 3.05) is 6.54 Å². The minimum absolute atomic E-state index is 0.229. The largest absolute Gasteiger partial charge is 0.306 e. The molecule has 106 valence electrons. The van der Waals surface area contributed by atoms with Gasteiger partial charge in [-0.3, -0.25) is 0 Å². The van der Waals surface area contributed by atoms with Crippen molar-refractivity contribution in [2.24, 2.45) is 0 Å². The Morgan fingerprint density at radius 2 is 1.75 bits per heavy atom. The molecule has 0 radical (unpaired) electrons. The second-order valence-electron chi connectivity index (χ2n) is 5.23. The first-order valence-electron chi connectivity index (χ1n) is 7.18. The summed E-state index contributed by atoms with van der Waals surface area (Å²) in [5.74, 6) is 0. The summed E-state index contributed by atoms with van der Waals surface area (Å²) < 4.78 is 0. The Morgan fingerprint density at radius 3 is 2.40 bits per heavy atom. The topological polar surface area (TPSA) is 12.0 Å². The summed E-state index contributed by atoms with van der Waals surface area (Å²) in [4.78, 5) is 0. The first kappa shape index (κ1) is 15.1. The Kier molecular flexibility index (Phi) is 5.22. The van der Waals surface area contributed by atoms with Gasteiger partial charge < -0.3 is 5.32 Å². The third kappa shape index (κ3) is 3.41. The lowest BCUT2D eigenvalue weighted by atomic mass is 9.92. The molecule has 0 aromatic heterocycles. The molecular formula is C18H22ClN. The predicted molar refractivity (Wildman–Crippen MR) is 87.5 cm³/mol. The standard InChI is InChI=1S/C18H22ClN/c1-4-12-20-18(15-8-10-16(19)11-9-15)17-7-5-6-13(2)14(17)3/h5-11,18,20H,4,12H2,1-3H3. The summed E-state index contributed by atoms with van der Waals surface area (Å²) in [6, 6.07) is 14.9. The molecule has 2 aromatic carbocycles. The molecular weight excluding hydrogens is 266 g/mol. The highest BCUT2D eigenvalue weighted by Gasteiger charge is 2.15. The first-order chi connectivity index (χ1) is 9.63. The molecule has 2 aromatic rings. The van der Waals surface area contributed by atoms with Crippen LogP contribution in [0.2, 0.25) is 5.02 Å². The van der Waals surface area contributed by atoms with Gasteiger partial charge in [0.05, 0.1) is 6.04 Å². The first-order valence-corrected chi connectivity index (χ1v) is 7.56. The van der Waals surface area contributed by atoms with Crippen molar-refractivity contribution in [3.05, 3.63) is 69.7 Å². The molecule has 2 heteroatoms. The molecule has 0 aliphatic carbocycles. The van der Waals surface area contributed by atoms with Gasteiger partial charge in [0.15, 0.2) is 0 Å². The zero-order valence-electron chi connectivity index (χ0n) is 12.4. The fraction of sp³-hybridized carbons (Fsp3) is 0.333. The molecule has 2 rings (SSSR count). The van der Waals surface area contributed by atoms with E-state index in [1.54, 1.807) is 0 Å². The van der Waals surface area contributed by atoms with Gasteiger partial charge in [-0.25, -0.2) is 0 Å². The maximum atomic E-state index is 6.00. The molecule has 0 aliphatic rings. The van der Waals surface area contributed by atoms with Crippen LogP contribution in [-0.2, 0) is 0 Å². The maximum absolute atomic E-state index is 6.00. The third-order valence-electron chi connectivity index (χ3n) is 3.76. The van der Waals surface area contributed by atoms with Crippen LogP contribution in [0.5, 0.6) is 0 Å². The van der Waals surface area contributed by atoms with Gasteiger partial charge >= 0.3 is 0 Å². The van der Waals surface area contributed by atoms with E-state index in [9.17, 15) is 0 Å². The fourth-order valence-electron chi connectivity index (χ4n) is 2.44. The van der Waals surface area contributed by atoms with Gasteiger partial charge in [-0.1, -0.05) is 48.9 Å². The van der Waals surface area contributed by atoms with E-state index in [2.05, 4.69) is 56.4 Å². The third-order valence-corrected chi connectivity index (χ3v) is 4.01. The van der Waals surface area contributed by atoms with E-state index < -0.39 is 0 Å². The van der Waals surface area contributed by atoms with Crippen LogP contribution in [0, 0.1) is 13.8 Å². The number of hydrogen-bond acceptors (Lipinski definition) is 1. The molecule has 0 bridgehead atoms. The Labute approximate surface area is 127 Å². The Morgan fingerprint density at radius 1 is 1.05 bits per heavy atom. The number of halogens is 1. The van der Waals surface area contributed by atoms with E-state index in [1.165, 1.54) is 22.3 Å². The zero-order valence-corrected chi connectivity index (χ0v) is 13.2. The molecule has 1 atom stereocenters. The second-order valence-corrected chi connectivity index (χ2v) is 5.66. The van der Waals surface area contributed by atoms with E-state index in [-0.39, 0.29) is 6.04 Å². The van der Waals surface area contributed by atoms with E-state index in [0.29, 0.717) is 0 Å². The summed E-state index contributed by atoms with van der Waals surface area (Å²) in [6.07, 6.45) is 1.12. The van der Waals surface area contributed by atoms with Gasteiger partial charge in [0.2, 0.25) is 0 Å². The van der Waals surface area contributed by atoms with Gasteiger partial charge in [0, 0.05) is 5.02 Å². The maximum Gasteiger partial charge on any atom is 0.0579 e. The average Bonchev–Trinajstić information content (AvgIpc) is 2.45. The number of aryl methyl sites for hydroxylation is 1. The van der Waals surface area contributed by atoms with Crippen molar-refractivity contribution in [2.45, 2.75) is 33.2 Å². The SMILES string of the molecule is CCCNC(c1ccc(Cl)cc1)c1cccc(C)c1C. The zero-order chi connectivity index (χ0) is 14.5. The van der Waals surface area contributed by atoms with Crippen molar-refractivity contribution in [3.8, 4) is 0 Å². The van der Waals surface area contributed by atoms with Crippen LogP contribution in [0.1, 0.15) is 41.6 Å². The van der Waals surface area contributed by atoms with E-state index in [4.69, 9.17) is 11.6 Å². The normalized spacial score (nSPS) is 12.4. The van der Waals surface area contributed by atoms with Crippen LogP contribution in [0.4, 0.5) is 0 Å². The van der Waals surface area contributed by atoms with Gasteiger partial charge in [-0.05, 0) is 61.2 Å². The average molecular weight is 288 g/mol. The van der Waals surface area contributed by atoms with Crippen molar-refractivity contribution in [1.29, 1.82) is 0 Å². The van der Waals surface area contributed by atoms with Crippen molar-refractivity contribution >= 4 is 11.6 Å². The van der Waals surface area contributed by atoms with Crippen LogP contribution in [0.15, 0.2) is 42.5 Å². The highest BCUT2D eigenvalue weighted by molar-refractivity contribution is 6.30. The van der Waals surface area contributed by atoms with Crippen LogP contribution in [-0.4, -0.2) is 6.54 Å². The Bertz CT molecular complexity index is 560. The van der Waals surface area contributed by atoms with Gasteiger partial charge in [-0.2, -0.15) is 0 Å². The van der Waals surface area contributed by atoms with Crippen LogP contribution >= 0.6 is 11.6 Å². The van der Waals surface area contributed by atoms with Crippen molar-refractivity contribution in [3.63, 3.8) is 0 Å². The molecule has 1 unspecified atom stereocenters. The van der Waals surface area contributed by atoms with Crippen LogP contribution in [0.3, 0.4) is 0 Å². The molecule has 0 fully saturated rings. The monoisotopic (exact) mass is 287 g/mol. The summed E-state index contributed by atoms with van der Waals surface area (Å²) in [7, 11) is 0. The summed E-state index contributed by atoms with van der Waals surface area (Å²) in [5.41, 5.74) is 5.30. The van der Waals surface area contributed by atoms with Gasteiger partial charge in [0.1, 0.15) is 0 Å². The fourth-order valence-corrected chi connectivity index (χ4v) is 2.56. The minimum Gasteiger partial charge on any atom is -0.306 e. The molecule has 20 heavy (non-hydrogen) atoms. The number of hydrogen-bond donors (Lipinski definition) is 1.